The summed E-state index contributed by atoms with van der Waals surface area (Å²) < 4.78 is 5.72. The fraction of sp³-hybridized carbons (Fsp3) is 0.647. The fourth-order valence-electron chi connectivity index (χ4n) is 2.01. The van der Waals surface area contributed by atoms with Crippen LogP contribution in [0.1, 0.15) is 31.4 Å². The van der Waals surface area contributed by atoms with Gasteiger partial charge in [0, 0.05) is 13.2 Å². The summed E-state index contributed by atoms with van der Waals surface area (Å²) in [6, 6.07) is 8.66. The van der Waals surface area contributed by atoms with Crippen molar-refractivity contribution < 1.29 is 4.74 Å². The maximum atomic E-state index is 5.72. The molecule has 0 atom stereocenters. The first-order valence-electron chi connectivity index (χ1n) is 7.59. The number of hydrogen-bond acceptors (Lipinski definition) is 3. The third kappa shape index (κ3) is 8.31. The van der Waals surface area contributed by atoms with Gasteiger partial charge in [0.05, 0.1) is 6.61 Å². The van der Waals surface area contributed by atoms with Crippen LogP contribution in [-0.2, 0) is 17.9 Å². The Labute approximate surface area is 124 Å². The molecule has 0 bridgehead atoms. The Morgan fingerprint density at radius 2 is 1.95 bits per heavy atom. The van der Waals surface area contributed by atoms with Gasteiger partial charge in [-0.1, -0.05) is 38.1 Å². The Hall–Kier alpha value is -0.900. The molecule has 0 saturated heterocycles. The van der Waals surface area contributed by atoms with Crippen LogP contribution in [-0.4, -0.2) is 38.7 Å². The molecule has 0 aliphatic rings. The Balaban J connectivity index is 2.25. The van der Waals surface area contributed by atoms with E-state index < -0.39 is 0 Å². The minimum Gasteiger partial charge on any atom is -0.377 e. The molecule has 0 heterocycles. The maximum Gasteiger partial charge on any atom is 0.0716 e. The summed E-state index contributed by atoms with van der Waals surface area (Å²) in [5.41, 5.74) is 2.60. The molecule has 1 aromatic carbocycles. The van der Waals surface area contributed by atoms with Gasteiger partial charge >= 0.3 is 0 Å². The number of benzene rings is 1. The van der Waals surface area contributed by atoms with Gasteiger partial charge in [-0.15, -0.1) is 0 Å². The van der Waals surface area contributed by atoms with Crippen LogP contribution >= 0.6 is 0 Å². The highest BCUT2D eigenvalue weighted by Gasteiger charge is 1.98. The van der Waals surface area contributed by atoms with E-state index in [0.29, 0.717) is 12.5 Å². The minimum absolute atomic E-state index is 0.693. The molecular formula is C17H30N2O. The lowest BCUT2D eigenvalue weighted by Gasteiger charge is -2.11. The van der Waals surface area contributed by atoms with E-state index in [2.05, 4.69) is 62.4 Å². The van der Waals surface area contributed by atoms with Crippen LogP contribution in [0, 0.1) is 5.92 Å². The van der Waals surface area contributed by atoms with Crippen LogP contribution in [0.15, 0.2) is 24.3 Å². The van der Waals surface area contributed by atoms with Gasteiger partial charge in [0.15, 0.2) is 0 Å². The number of hydrogen-bond donors (Lipinski definition) is 1. The van der Waals surface area contributed by atoms with Gasteiger partial charge in [-0.2, -0.15) is 0 Å². The predicted octanol–water partition coefficient (Wildman–Crippen LogP) is 2.90. The lowest BCUT2D eigenvalue weighted by atomic mass is 10.1. The zero-order valence-corrected chi connectivity index (χ0v) is 13.5. The smallest absolute Gasteiger partial charge is 0.0716 e. The molecule has 0 spiro atoms. The number of nitrogens with one attached hydrogen (secondary N) is 1. The minimum atomic E-state index is 0.693. The van der Waals surface area contributed by atoms with Crippen LogP contribution in [0.5, 0.6) is 0 Å². The molecule has 0 fully saturated rings. The maximum absolute atomic E-state index is 5.72. The first-order chi connectivity index (χ1) is 9.58. The lowest BCUT2D eigenvalue weighted by molar-refractivity contribution is 0.113. The summed E-state index contributed by atoms with van der Waals surface area (Å²) in [5.74, 6) is 0.693. The van der Waals surface area contributed by atoms with Crippen molar-refractivity contribution in [3.63, 3.8) is 0 Å². The molecule has 0 radical (unpaired) electrons. The average Bonchev–Trinajstić information content (AvgIpc) is 2.38. The van der Waals surface area contributed by atoms with E-state index in [9.17, 15) is 0 Å². The molecule has 114 valence electrons. The number of nitrogens with zero attached hydrogens (tertiary/aromatic N) is 1. The van der Waals surface area contributed by atoms with E-state index in [1.54, 1.807) is 0 Å². The van der Waals surface area contributed by atoms with Gasteiger partial charge < -0.3 is 15.0 Å². The van der Waals surface area contributed by atoms with Gasteiger partial charge in [-0.25, -0.2) is 0 Å². The highest BCUT2D eigenvalue weighted by Crippen LogP contribution is 2.07. The molecule has 3 nitrogen and oxygen atoms in total. The van der Waals surface area contributed by atoms with Gasteiger partial charge in [-0.3, -0.25) is 0 Å². The second-order valence-electron chi connectivity index (χ2n) is 6.05. The molecule has 3 heteroatoms. The highest BCUT2D eigenvalue weighted by atomic mass is 16.5. The zero-order chi connectivity index (χ0) is 14.8. The molecular weight excluding hydrogens is 248 g/mol. The zero-order valence-electron chi connectivity index (χ0n) is 13.5. The molecule has 0 saturated carbocycles. The largest absolute Gasteiger partial charge is 0.377 e. The second-order valence-corrected chi connectivity index (χ2v) is 6.05. The molecule has 0 unspecified atom stereocenters. The first kappa shape index (κ1) is 17.2. The van der Waals surface area contributed by atoms with Crippen LogP contribution in [0.25, 0.3) is 0 Å². The van der Waals surface area contributed by atoms with E-state index in [1.165, 1.54) is 11.1 Å². The molecule has 0 aliphatic carbocycles. The van der Waals surface area contributed by atoms with E-state index in [0.717, 1.165) is 32.7 Å². The summed E-state index contributed by atoms with van der Waals surface area (Å²) >= 11 is 0. The van der Waals surface area contributed by atoms with Crippen molar-refractivity contribution in [1.82, 2.24) is 10.2 Å². The highest BCUT2D eigenvalue weighted by molar-refractivity contribution is 5.22. The quantitative estimate of drug-likeness (QED) is 0.666. The van der Waals surface area contributed by atoms with Gasteiger partial charge in [0.2, 0.25) is 0 Å². The Morgan fingerprint density at radius 1 is 1.20 bits per heavy atom. The molecule has 1 rings (SSSR count). The fourth-order valence-corrected chi connectivity index (χ4v) is 2.01. The third-order valence-electron chi connectivity index (χ3n) is 3.04. The topological polar surface area (TPSA) is 24.5 Å². The van der Waals surface area contributed by atoms with E-state index in [-0.39, 0.29) is 0 Å². The summed E-state index contributed by atoms with van der Waals surface area (Å²) in [6.45, 7) is 9.08. The molecule has 0 amide bonds. The van der Waals surface area contributed by atoms with Crippen molar-refractivity contribution in [3.05, 3.63) is 35.4 Å². The molecule has 0 aliphatic heterocycles. The number of rotatable bonds is 10. The second kappa shape index (κ2) is 9.92. The first-order valence-corrected chi connectivity index (χ1v) is 7.59. The summed E-state index contributed by atoms with van der Waals surface area (Å²) in [7, 11) is 4.18. The van der Waals surface area contributed by atoms with E-state index >= 15 is 0 Å². The standard InChI is InChI=1S/C17H30N2O/c1-15(2)12-18-13-16-7-5-8-17(11-16)14-20-10-6-9-19(3)4/h5,7-8,11,15,18H,6,9-10,12-14H2,1-4H3. The van der Waals surface area contributed by atoms with Crippen molar-refractivity contribution in [1.29, 1.82) is 0 Å². The third-order valence-corrected chi connectivity index (χ3v) is 3.04. The average molecular weight is 278 g/mol. The Bertz CT molecular complexity index is 364. The van der Waals surface area contributed by atoms with Crippen LogP contribution in [0.3, 0.4) is 0 Å². The predicted molar refractivity (Wildman–Crippen MR) is 85.8 cm³/mol. The number of ether oxygens (including phenoxy) is 1. The molecule has 1 N–H and O–H groups in total. The van der Waals surface area contributed by atoms with Crippen LogP contribution in [0.4, 0.5) is 0 Å². The van der Waals surface area contributed by atoms with Crippen molar-refractivity contribution in [2.45, 2.75) is 33.4 Å². The Kier molecular flexibility index (Phi) is 8.51. The van der Waals surface area contributed by atoms with Crippen molar-refractivity contribution >= 4 is 0 Å². The summed E-state index contributed by atoms with van der Waals surface area (Å²) in [6.07, 6.45) is 1.09. The van der Waals surface area contributed by atoms with Crippen molar-refractivity contribution in [2.75, 3.05) is 33.8 Å². The van der Waals surface area contributed by atoms with Crippen molar-refractivity contribution in [3.8, 4) is 0 Å². The molecule has 20 heavy (non-hydrogen) atoms. The van der Waals surface area contributed by atoms with Gasteiger partial charge in [-0.05, 0) is 50.7 Å². The molecule has 0 aromatic heterocycles. The van der Waals surface area contributed by atoms with E-state index in [1.807, 2.05) is 0 Å². The molecule has 1 aromatic rings. The monoisotopic (exact) mass is 278 g/mol. The Morgan fingerprint density at radius 3 is 2.65 bits per heavy atom. The van der Waals surface area contributed by atoms with Gasteiger partial charge in [0.25, 0.3) is 0 Å². The van der Waals surface area contributed by atoms with Gasteiger partial charge in [0.1, 0.15) is 0 Å². The van der Waals surface area contributed by atoms with Crippen LogP contribution in [0.2, 0.25) is 0 Å². The normalized spacial score (nSPS) is 11.5. The lowest BCUT2D eigenvalue weighted by Crippen LogP contribution is -2.19. The van der Waals surface area contributed by atoms with Crippen LogP contribution < -0.4 is 5.32 Å². The van der Waals surface area contributed by atoms with E-state index in [4.69, 9.17) is 4.74 Å². The summed E-state index contributed by atoms with van der Waals surface area (Å²) in [5, 5.41) is 3.47. The SMILES string of the molecule is CC(C)CNCc1cccc(COCCCN(C)C)c1. The van der Waals surface area contributed by atoms with Crippen molar-refractivity contribution in [2.24, 2.45) is 5.92 Å². The summed E-state index contributed by atoms with van der Waals surface area (Å²) in [4.78, 5) is 2.18.